The number of H-pyrrole nitrogens is 2. The molecule has 0 bridgehead atoms. The Kier molecular flexibility index (Phi) is 3.27. The smallest absolute Gasteiger partial charge is 0.325 e. The number of nitrogens with one attached hydrogen (secondary N) is 3. The van der Waals surface area contributed by atoms with Crippen molar-refractivity contribution < 1.29 is 4.79 Å². The van der Waals surface area contributed by atoms with E-state index in [1.165, 1.54) is 6.20 Å². The van der Waals surface area contributed by atoms with E-state index in [4.69, 9.17) is 0 Å². The first-order valence-corrected chi connectivity index (χ1v) is 3.72. The van der Waals surface area contributed by atoms with E-state index in [9.17, 15) is 14.4 Å². The van der Waals surface area contributed by atoms with E-state index >= 15 is 0 Å². The molecule has 0 aliphatic carbocycles. The van der Waals surface area contributed by atoms with Gasteiger partial charge in [-0.25, -0.2) is 4.79 Å². The summed E-state index contributed by atoms with van der Waals surface area (Å²) in [6.45, 7) is 0.155. The average molecular weight is 193 g/mol. The second-order valence-electron chi connectivity index (χ2n) is 2.29. The lowest BCUT2D eigenvalue weighted by Gasteiger charge is -1.87. The summed E-state index contributed by atoms with van der Waals surface area (Å²) in [5, 5.41) is 2.31. The molecule has 0 unspecified atom stereocenters. The van der Waals surface area contributed by atoms with Crippen molar-refractivity contribution in [1.29, 1.82) is 0 Å². The van der Waals surface area contributed by atoms with Crippen molar-refractivity contribution in [2.75, 3.05) is 6.54 Å². The zero-order valence-electron chi connectivity index (χ0n) is 7.09. The summed E-state index contributed by atoms with van der Waals surface area (Å²) in [6, 6.07) is 0. The molecule has 0 spiro atoms. The van der Waals surface area contributed by atoms with E-state index in [1.807, 2.05) is 4.98 Å². The van der Waals surface area contributed by atoms with Crippen LogP contribution in [0.15, 0.2) is 15.8 Å². The van der Waals surface area contributed by atoms with Gasteiger partial charge in [0.05, 0.1) is 6.54 Å². The molecule has 0 saturated carbocycles. The predicted molar refractivity (Wildman–Crippen MR) is 48.6 cm³/mol. The van der Waals surface area contributed by atoms with Crippen LogP contribution in [0.25, 0.3) is 0 Å². The van der Waals surface area contributed by atoms with Crippen molar-refractivity contribution in [2.45, 2.75) is 0 Å². The largest absolute Gasteiger partial charge is 0.348 e. The highest BCUT2D eigenvalue weighted by Gasteiger charge is 1.93. The van der Waals surface area contributed by atoms with Crippen molar-refractivity contribution in [2.24, 2.45) is 0 Å². The molecule has 14 heavy (non-hydrogen) atoms. The van der Waals surface area contributed by atoms with Gasteiger partial charge < -0.3 is 10.3 Å². The fourth-order valence-electron chi connectivity index (χ4n) is 0.735. The van der Waals surface area contributed by atoms with E-state index < -0.39 is 11.2 Å². The van der Waals surface area contributed by atoms with Crippen LogP contribution in [0.1, 0.15) is 5.56 Å². The van der Waals surface area contributed by atoms with Crippen LogP contribution >= 0.6 is 0 Å². The minimum atomic E-state index is -0.577. The number of aromatic nitrogens is 2. The highest BCUT2D eigenvalue weighted by molar-refractivity contribution is 5.47. The van der Waals surface area contributed by atoms with Crippen molar-refractivity contribution in [3.63, 3.8) is 0 Å². The summed E-state index contributed by atoms with van der Waals surface area (Å²) < 4.78 is 0. The van der Waals surface area contributed by atoms with Gasteiger partial charge in [0.25, 0.3) is 5.56 Å². The molecule has 0 saturated heterocycles. The topological polar surface area (TPSA) is 94.8 Å². The molecule has 0 atom stereocenters. The normalized spacial score (nSPS) is 8.57. The molecule has 1 rings (SSSR count). The molecule has 3 N–H and O–H groups in total. The third-order valence-electron chi connectivity index (χ3n) is 1.32. The van der Waals surface area contributed by atoms with Crippen molar-refractivity contribution in [1.82, 2.24) is 15.3 Å². The number of amides is 1. The molecular formula is C8H7N3O3. The number of rotatable bonds is 2. The molecule has 1 aromatic rings. The van der Waals surface area contributed by atoms with Crippen molar-refractivity contribution in [3.8, 4) is 11.8 Å². The molecule has 1 amide bonds. The molecule has 1 aromatic heterocycles. The summed E-state index contributed by atoms with van der Waals surface area (Å²) >= 11 is 0. The Morgan fingerprint density at radius 2 is 2.29 bits per heavy atom. The standard InChI is InChI=1S/C8H7N3O3/c12-5-9-3-1-2-6-4-10-8(14)11-7(6)13/h4-5H,3H2,(H,9,12)(H2,10,11,13,14). The number of carbonyl (C=O) groups excluding carboxylic acids is 1. The van der Waals surface area contributed by atoms with Crippen LogP contribution in [0.5, 0.6) is 0 Å². The Bertz CT molecular complexity index is 489. The van der Waals surface area contributed by atoms with Gasteiger partial charge in [0.1, 0.15) is 5.56 Å². The first kappa shape index (κ1) is 9.80. The first-order valence-electron chi connectivity index (χ1n) is 3.72. The Morgan fingerprint density at radius 1 is 1.50 bits per heavy atom. The Balaban J connectivity index is 2.85. The maximum Gasteiger partial charge on any atom is 0.325 e. The van der Waals surface area contributed by atoms with Crippen molar-refractivity contribution in [3.05, 3.63) is 32.6 Å². The molecule has 0 aliphatic rings. The molecule has 72 valence electrons. The molecule has 0 aliphatic heterocycles. The average Bonchev–Trinajstić information content (AvgIpc) is 2.15. The summed E-state index contributed by atoms with van der Waals surface area (Å²) in [6.07, 6.45) is 1.72. The summed E-state index contributed by atoms with van der Waals surface area (Å²) in [4.78, 5) is 35.8. The zero-order valence-corrected chi connectivity index (χ0v) is 7.09. The Morgan fingerprint density at radius 3 is 2.93 bits per heavy atom. The van der Waals surface area contributed by atoms with E-state index in [2.05, 4.69) is 22.1 Å². The molecule has 1 heterocycles. The number of hydrogen-bond acceptors (Lipinski definition) is 3. The zero-order chi connectivity index (χ0) is 10.4. The van der Waals surface area contributed by atoms with Gasteiger partial charge in [0.2, 0.25) is 6.41 Å². The summed E-state index contributed by atoms with van der Waals surface area (Å²) in [5.41, 5.74) is -0.976. The van der Waals surface area contributed by atoms with E-state index in [0.29, 0.717) is 6.41 Å². The van der Waals surface area contributed by atoms with Gasteiger partial charge in [-0.05, 0) is 0 Å². The Hall–Kier alpha value is -2.29. The number of carbonyl (C=O) groups is 1. The lowest BCUT2D eigenvalue weighted by molar-refractivity contribution is -0.109. The van der Waals surface area contributed by atoms with Crippen LogP contribution in [0.2, 0.25) is 0 Å². The molecule has 0 fully saturated rings. The van der Waals surface area contributed by atoms with Crippen LogP contribution in [0.4, 0.5) is 0 Å². The third kappa shape index (κ3) is 2.64. The molecule has 6 nitrogen and oxygen atoms in total. The van der Waals surface area contributed by atoms with Gasteiger partial charge in [-0.15, -0.1) is 0 Å². The highest BCUT2D eigenvalue weighted by atomic mass is 16.2. The van der Waals surface area contributed by atoms with Crippen LogP contribution < -0.4 is 16.6 Å². The van der Waals surface area contributed by atoms with Gasteiger partial charge in [0.15, 0.2) is 0 Å². The number of hydrogen-bond donors (Lipinski definition) is 3. The monoisotopic (exact) mass is 193 g/mol. The second-order valence-corrected chi connectivity index (χ2v) is 2.29. The molecular weight excluding hydrogens is 186 g/mol. The van der Waals surface area contributed by atoms with Gasteiger partial charge in [-0.2, -0.15) is 0 Å². The maximum atomic E-state index is 11.0. The summed E-state index contributed by atoms with van der Waals surface area (Å²) in [5.74, 6) is 5.02. The Labute approximate surface area is 78.4 Å². The SMILES string of the molecule is O=CNCC#Cc1c[nH]c(=O)[nH]c1=O. The van der Waals surface area contributed by atoms with E-state index in [-0.39, 0.29) is 12.1 Å². The minimum Gasteiger partial charge on any atom is -0.348 e. The van der Waals surface area contributed by atoms with Crippen LogP contribution in [0, 0.1) is 11.8 Å². The summed E-state index contributed by atoms with van der Waals surface area (Å²) in [7, 11) is 0. The van der Waals surface area contributed by atoms with Gasteiger partial charge in [-0.3, -0.25) is 14.6 Å². The van der Waals surface area contributed by atoms with Gasteiger partial charge >= 0.3 is 5.69 Å². The van der Waals surface area contributed by atoms with Gasteiger partial charge in [-0.1, -0.05) is 11.8 Å². The molecule has 0 radical (unpaired) electrons. The van der Waals surface area contributed by atoms with E-state index in [1.54, 1.807) is 0 Å². The van der Waals surface area contributed by atoms with Crippen LogP contribution in [-0.4, -0.2) is 22.9 Å². The molecule has 6 heteroatoms. The quantitative estimate of drug-likeness (QED) is 0.292. The van der Waals surface area contributed by atoms with Crippen LogP contribution in [-0.2, 0) is 4.79 Å². The maximum absolute atomic E-state index is 11.0. The van der Waals surface area contributed by atoms with Gasteiger partial charge in [0, 0.05) is 6.20 Å². The fraction of sp³-hybridized carbons (Fsp3) is 0.125. The number of aromatic amines is 2. The second kappa shape index (κ2) is 4.67. The highest BCUT2D eigenvalue weighted by Crippen LogP contribution is 1.77. The fourth-order valence-corrected chi connectivity index (χ4v) is 0.735. The van der Waals surface area contributed by atoms with Crippen LogP contribution in [0.3, 0.4) is 0 Å². The lowest BCUT2D eigenvalue weighted by atomic mass is 10.3. The van der Waals surface area contributed by atoms with Crippen molar-refractivity contribution >= 4 is 6.41 Å². The van der Waals surface area contributed by atoms with E-state index in [0.717, 1.165) is 0 Å². The first-order chi connectivity index (χ1) is 6.74. The lowest BCUT2D eigenvalue weighted by Crippen LogP contribution is -2.23. The minimum absolute atomic E-state index is 0.150. The molecule has 0 aromatic carbocycles. The predicted octanol–water partition coefficient (Wildman–Crippen LogP) is -1.84. The third-order valence-corrected chi connectivity index (χ3v) is 1.32.